The average Bonchev–Trinajstić information content (AvgIpc) is 3.21. The maximum absolute atomic E-state index is 12.4. The first-order valence-corrected chi connectivity index (χ1v) is 11.2. The lowest BCUT2D eigenvalue weighted by molar-refractivity contribution is -0.181. The van der Waals surface area contributed by atoms with E-state index in [2.05, 4.69) is 32.7 Å². The second-order valence-corrected chi connectivity index (χ2v) is 11.0. The van der Waals surface area contributed by atoms with Crippen LogP contribution in [0, 0.1) is 34.5 Å². The molecule has 8 atom stereocenters. The van der Waals surface area contributed by atoms with Crippen LogP contribution in [0.2, 0.25) is 0 Å². The maximum Gasteiger partial charge on any atom is 0.222 e. The van der Waals surface area contributed by atoms with E-state index in [1.54, 1.807) is 0 Å². The Morgan fingerprint density at radius 1 is 1.08 bits per heavy atom. The molecule has 0 N–H and O–H groups in total. The highest BCUT2D eigenvalue weighted by Gasteiger charge is 2.67. The summed E-state index contributed by atoms with van der Waals surface area (Å²) in [6.45, 7) is 8.60. The van der Waals surface area contributed by atoms with E-state index < -0.39 is 0 Å². The Morgan fingerprint density at radius 2 is 1.85 bits per heavy atom. The van der Waals surface area contributed by atoms with Gasteiger partial charge >= 0.3 is 0 Å². The number of hydrogen-bond donors (Lipinski definition) is 0. The van der Waals surface area contributed by atoms with Crippen molar-refractivity contribution < 1.29 is 9.53 Å². The number of piperidine rings is 1. The second kappa shape index (κ2) is 5.49. The summed E-state index contributed by atoms with van der Waals surface area (Å²) in [5.74, 6) is 3.56. The van der Waals surface area contributed by atoms with E-state index >= 15 is 0 Å². The zero-order chi connectivity index (χ0) is 18.3. The highest BCUT2D eigenvalue weighted by Crippen LogP contribution is 2.70. The number of likely N-dealkylation sites (tertiary alicyclic amines) is 1. The molecule has 3 heteroatoms. The molecular formula is C23H37NO2. The molecule has 2 aliphatic heterocycles. The molecular weight excluding hydrogens is 322 g/mol. The van der Waals surface area contributed by atoms with Gasteiger partial charge in [0.25, 0.3) is 0 Å². The summed E-state index contributed by atoms with van der Waals surface area (Å²) in [7, 11) is 2.07. The molecule has 2 heterocycles. The number of ether oxygens (including phenoxy) is 1. The summed E-state index contributed by atoms with van der Waals surface area (Å²) < 4.78 is 6.50. The fourth-order valence-corrected chi connectivity index (χ4v) is 8.90. The molecule has 5 fully saturated rings. The third kappa shape index (κ3) is 1.97. The van der Waals surface area contributed by atoms with E-state index in [4.69, 9.17) is 4.74 Å². The van der Waals surface area contributed by atoms with Crippen molar-refractivity contribution in [3.63, 3.8) is 0 Å². The quantitative estimate of drug-likeness (QED) is 0.630. The Balaban J connectivity index is 1.51. The van der Waals surface area contributed by atoms with E-state index in [1.807, 2.05) is 0 Å². The van der Waals surface area contributed by atoms with Crippen molar-refractivity contribution in [1.82, 2.24) is 4.90 Å². The Labute approximate surface area is 159 Å². The van der Waals surface area contributed by atoms with E-state index in [1.165, 1.54) is 44.9 Å². The Morgan fingerprint density at radius 3 is 2.58 bits per heavy atom. The van der Waals surface area contributed by atoms with Crippen LogP contribution in [0.15, 0.2) is 0 Å². The monoisotopic (exact) mass is 359 g/mol. The van der Waals surface area contributed by atoms with Gasteiger partial charge in [-0.15, -0.1) is 0 Å². The first-order valence-electron chi connectivity index (χ1n) is 11.2. The molecule has 3 nitrogen and oxygen atoms in total. The van der Waals surface area contributed by atoms with Gasteiger partial charge < -0.3 is 9.64 Å². The molecule has 0 aromatic rings. The van der Waals surface area contributed by atoms with Gasteiger partial charge in [-0.1, -0.05) is 20.8 Å². The smallest absolute Gasteiger partial charge is 0.222 e. The van der Waals surface area contributed by atoms with Crippen LogP contribution < -0.4 is 0 Å². The number of rotatable bonds is 0. The lowest BCUT2D eigenvalue weighted by atomic mass is 9.44. The standard InChI is InChI=1S/C23H37NO2/c1-15-14-18-21(2,10-8-19(25)24(18)4)16-6-11-22(3)17(20(15)16)7-12-23(22)9-5-13-26-23/h15-18,20H,5-14H2,1-4H3/t15-,16-,17-,18+,20+,21+,22-,23-/m0/s1. The number of amides is 1. The molecule has 3 saturated carbocycles. The van der Waals surface area contributed by atoms with Crippen molar-refractivity contribution >= 4 is 5.91 Å². The normalized spacial score (nSPS) is 56.4. The largest absolute Gasteiger partial charge is 0.374 e. The molecule has 5 rings (SSSR count). The van der Waals surface area contributed by atoms with Crippen LogP contribution in [0.25, 0.3) is 0 Å². The van der Waals surface area contributed by atoms with Crippen molar-refractivity contribution in [1.29, 1.82) is 0 Å². The van der Waals surface area contributed by atoms with Crippen molar-refractivity contribution in [3.8, 4) is 0 Å². The van der Waals surface area contributed by atoms with Crippen LogP contribution in [-0.4, -0.2) is 36.1 Å². The van der Waals surface area contributed by atoms with Gasteiger partial charge in [0.15, 0.2) is 0 Å². The first kappa shape index (κ1) is 17.5. The van der Waals surface area contributed by atoms with Gasteiger partial charge in [-0.2, -0.15) is 0 Å². The van der Waals surface area contributed by atoms with Crippen molar-refractivity contribution in [3.05, 3.63) is 0 Å². The fourth-order valence-electron chi connectivity index (χ4n) is 8.90. The molecule has 0 aromatic carbocycles. The Bertz CT molecular complexity index is 611. The van der Waals surface area contributed by atoms with Crippen molar-refractivity contribution in [2.75, 3.05) is 13.7 Å². The second-order valence-electron chi connectivity index (χ2n) is 11.0. The van der Waals surface area contributed by atoms with Gasteiger partial charge in [-0.3, -0.25) is 4.79 Å². The minimum absolute atomic E-state index is 0.194. The third-order valence-corrected chi connectivity index (χ3v) is 10.3. The van der Waals surface area contributed by atoms with Gasteiger partial charge in [-0.25, -0.2) is 0 Å². The van der Waals surface area contributed by atoms with Gasteiger partial charge in [0, 0.05) is 26.1 Å². The molecule has 146 valence electrons. The third-order valence-electron chi connectivity index (χ3n) is 10.3. The molecule has 26 heavy (non-hydrogen) atoms. The maximum atomic E-state index is 12.4. The van der Waals surface area contributed by atoms with Crippen LogP contribution in [0.1, 0.15) is 78.6 Å². The molecule has 2 saturated heterocycles. The van der Waals surface area contributed by atoms with Gasteiger partial charge in [0.1, 0.15) is 0 Å². The zero-order valence-corrected chi connectivity index (χ0v) is 17.2. The Kier molecular flexibility index (Phi) is 3.70. The lowest BCUT2D eigenvalue weighted by Crippen LogP contribution is -2.64. The summed E-state index contributed by atoms with van der Waals surface area (Å²) in [5, 5.41) is 0. The number of nitrogens with zero attached hydrogens (tertiary/aromatic N) is 1. The van der Waals surface area contributed by atoms with E-state index in [9.17, 15) is 4.79 Å². The van der Waals surface area contributed by atoms with E-state index in [0.29, 0.717) is 22.8 Å². The SMILES string of the molecule is C[C@H]1C[C@H]2N(C)C(=O)CC[C@]2(C)[C@H]2CC[C@@]3(C)[C@@H](CC[C@@]34CCCO4)[C@H]12. The lowest BCUT2D eigenvalue weighted by Gasteiger charge is -2.64. The summed E-state index contributed by atoms with van der Waals surface area (Å²) in [5.41, 5.74) is 0.908. The van der Waals surface area contributed by atoms with E-state index in [0.717, 1.165) is 43.1 Å². The number of carbonyl (C=O) groups is 1. The Hall–Kier alpha value is -0.570. The van der Waals surface area contributed by atoms with Crippen molar-refractivity contribution in [2.24, 2.45) is 34.5 Å². The number of carbonyl (C=O) groups excluding carboxylic acids is 1. The highest BCUT2D eigenvalue weighted by molar-refractivity contribution is 5.77. The number of hydrogen-bond acceptors (Lipinski definition) is 2. The highest BCUT2D eigenvalue weighted by atomic mass is 16.5. The van der Waals surface area contributed by atoms with Crippen LogP contribution in [0.5, 0.6) is 0 Å². The first-order chi connectivity index (χ1) is 12.3. The summed E-state index contributed by atoms with van der Waals surface area (Å²) >= 11 is 0. The molecule has 0 unspecified atom stereocenters. The molecule has 0 radical (unpaired) electrons. The van der Waals surface area contributed by atoms with Crippen LogP contribution in [-0.2, 0) is 9.53 Å². The van der Waals surface area contributed by atoms with Gasteiger partial charge in [0.05, 0.1) is 5.60 Å². The van der Waals surface area contributed by atoms with Gasteiger partial charge in [-0.05, 0) is 85.9 Å². The average molecular weight is 360 g/mol. The summed E-state index contributed by atoms with van der Waals surface area (Å²) in [6, 6.07) is 0.461. The zero-order valence-electron chi connectivity index (χ0n) is 17.2. The predicted octanol–water partition coefficient (Wildman–Crippen LogP) is 4.65. The van der Waals surface area contributed by atoms with Crippen LogP contribution in [0.3, 0.4) is 0 Å². The molecule has 0 aromatic heterocycles. The molecule has 0 bridgehead atoms. The predicted molar refractivity (Wildman–Crippen MR) is 103 cm³/mol. The summed E-state index contributed by atoms with van der Waals surface area (Å²) in [6.07, 6.45) is 11.0. The minimum Gasteiger partial charge on any atom is -0.374 e. The van der Waals surface area contributed by atoms with E-state index in [-0.39, 0.29) is 5.60 Å². The molecule has 1 amide bonds. The fraction of sp³-hybridized carbons (Fsp3) is 0.957. The molecule has 3 aliphatic carbocycles. The van der Waals surface area contributed by atoms with Crippen LogP contribution >= 0.6 is 0 Å². The minimum atomic E-state index is 0.194. The van der Waals surface area contributed by atoms with Crippen LogP contribution in [0.4, 0.5) is 0 Å². The molecule has 1 spiro atoms. The summed E-state index contributed by atoms with van der Waals surface area (Å²) in [4.78, 5) is 14.5. The number of fused-ring (bicyclic) bond motifs is 6. The topological polar surface area (TPSA) is 29.5 Å². The molecule has 5 aliphatic rings. The van der Waals surface area contributed by atoms with Crippen molar-refractivity contribution in [2.45, 2.75) is 90.2 Å². The van der Waals surface area contributed by atoms with Gasteiger partial charge in [0.2, 0.25) is 5.91 Å².